The predicted octanol–water partition coefficient (Wildman–Crippen LogP) is -1.37. The summed E-state index contributed by atoms with van der Waals surface area (Å²) < 4.78 is 28.2. The first-order valence-electron chi connectivity index (χ1n) is 10.1. The molecule has 34 heavy (non-hydrogen) atoms. The second kappa shape index (κ2) is 9.72. The monoisotopic (exact) mass is 493 g/mol. The lowest BCUT2D eigenvalue weighted by Gasteiger charge is -2.25. The van der Waals surface area contributed by atoms with Crippen LogP contribution in [-0.4, -0.2) is 66.7 Å². The minimum absolute atomic E-state index is 0.0604. The molecule has 3 aromatic rings. The third-order valence-electron chi connectivity index (χ3n) is 5.20. The van der Waals surface area contributed by atoms with Crippen LogP contribution in [0.5, 0.6) is 0 Å². The fourth-order valence-electron chi connectivity index (χ4n) is 3.47. The van der Waals surface area contributed by atoms with Crippen molar-refractivity contribution in [1.82, 2.24) is 19.5 Å². The molecule has 0 bridgehead atoms. The average molecular weight is 493 g/mol. The number of hydrogen-bond donors (Lipinski definition) is 4. The number of nitrogens with zero attached hydrogens (tertiary/aromatic N) is 4. The molecule has 182 valence electrons. The molecule has 1 aliphatic heterocycles. The van der Waals surface area contributed by atoms with E-state index in [2.05, 4.69) is 19.5 Å². The van der Waals surface area contributed by atoms with Gasteiger partial charge in [-0.05, 0) is 12.0 Å². The highest BCUT2D eigenvalue weighted by atomic mass is 31.2. The van der Waals surface area contributed by atoms with Gasteiger partial charge in [-0.25, -0.2) is 15.0 Å². The number of carbonyl (C=O) groups is 1. The maximum Gasteiger partial charge on any atom is 0.329 e. The molecule has 3 heterocycles. The van der Waals surface area contributed by atoms with Crippen molar-refractivity contribution in [3.8, 4) is 0 Å². The molecule has 2 aromatic heterocycles. The first-order chi connectivity index (χ1) is 16.2. The Morgan fingerprint density at radius 3 is 2.71 bits per heavy atom. The molecule has 0 radical (unpaired) electrons. The van der Waals surface area contributed by atoms with E-state index in [1.54, 1.807) is 30.3 Å². The minimum Gasteiger partial charge on any atom is -0.746 e. The van der Waals surface area contributed by atoms with Crippen LogP contribution in [0.3, 0.4) is 0 Å². The zero-order valence-electron chi connectivity index (χ0n) is 17.6. The molecule has 0 saturated carbocycles. The topological polar surface area (TPSA) is 221 Å². The first-order valence-corrected chi connectivity index (χ1v) is 11.6. The molecule has 1 aromatic carbocycles. The number of hydrogen-bond acceptors (Lipinski definition) is 13. The summed E-state index contributed by atoms with van der Waals surface area (Å²) in [5.41, 5.74) is 12.7. The van der Waals surface area contributed by atoms with Crippen molar-refractivity contribution in [2.24, 2.45) is 5.73 Å². The van der Waals surface area contributed by atoms with Gasteiger partial charge in [-0.15, -0.1) is 0 Å². The van der Waals surface area contributed by atoms with Gasteiger partial charge in [0.2, 0.25) is 0 Å². The molecule has 0 amide bonds. The third kappa shape index (κ3) is 5.08. The fourth-order valence-corrected chi connectivity index (χ4v) is 4.21. The molecule has 3 unspecified atom stereocenters. The second-order valence-corrected chi connectivity index (χ2v) is 8.91. The third-order valence-corrected chi connectivity index (χ3v) is 6.07. The predicted molar refractivity (Wildman–Crippen MR) is 113 cm³/mol. The number of anilines is 1. The molecule has 1 aliphatic rings. The van der Waals surface area contributed by atoms with Crippen molar-refractivity contribution >= 4 is 30.8 Å². The van der Waals surface area contributed by atoms with Crippen molar-refractivity contribution in [2.75, 3.05) is 12.3 Å². The Labute approximate surface area is 192 Å². The maximum absolute atomic E-state index is 12.1. The van der Waals surface area contributed by atoms with E-state index in [4.69, 9.17) is 20.7 Å². The van der Waals surface area contributed by atoms with Gasteiger partial charge in [-0.2, -0.15) is 0 Å². The number of aromatic nitrogens is 4. The Balaban J connectivity index is 1.36. The van der Waals surface area contributed by atoms with Crippen LogP contribution in [0.25, 0.3) is 11.2 Å². The van der Waals surface area contributed by atoms with E-state index >= 15 is 0 Å². The number of nitrogen functional groups attached to an aromatic ring is 1. The van der Waals surface area contributed by atoms with E-state index in [0.29, 0.717) is 0 Å². The van der Waals surface area contributed by atoms with E-state index in [9.17, 15) is 24.5 Å². The summed E-state index contributed by atoms with van der Waals surface area (Å²) in [4.78, 5) is 36.1. The largest absolute Gasteiger partial charge is 0.746 e. The summed E-state index contributed by atoms with van der Waals surface area (Å²) in [6.07, 6.45) is -2.92. The lowest BCUT2D eigenvalue weighted by Crippen LogP contribution is -2.36. The van der Waals surface area contributed by atoms with Gasteiger partial charge in [-0.1, -0.05) is 30.3 Å². The number of carbonyl (C=O) groups excluding carboxylic acids is 1. The molecule has 6 N–H and O–H groups in total. The summed E-state index contributed by atoms with van der Waals surface area (Å²) in [5, 5.41) is 20.7. The summed E-state index contributed by atoms with van der Waals surface area (Å²) in [6, 6.07) is 7.50. The van der Waals surface area contributed by atoms with Crippen LogP contribution in [0.1, 0.15) is 11.8 Å². The number of phosphoric ester groups is 1. The molecule has 1 fully saturated rings. The summed E-state index contributed by atoms with van der Waals surface area (Å²) in [6.45, 7) is -0.736. The Morgan fingerprint density at radius 2 is 1.97 bits per heavy atom. The normalized spacial score (nSPS) is 25.2. The molecule has 6 atom stereocenters. The maximum atomic E-state index is 12.1. The summed E-state index contributed by atoms with van der Waals surface area (Å²) >= 11 is 0. The number of benzene rings is 1. The van der Waals surface area contributed by atoms with E-state index in [0.717, 1.165) is 5.56 Å². The SMILES string of the molecule is Nc1ncnc2c1ncn2[C@@H]1O[C@H](COP(=O)([O-])OC(=O)[C@@H](N)Cc2ccccc2)C(O)C1O. The Hall–Kier alpha value is -2.97. The molecular formula is C19H22N6O8P-. The zero-order valence-corrected chi connectivity index (χ0v) is 18.5. The summed E-state index contributed by atoms with van der Waals surface area (Å²) in [7, 11) is -5.14. The Bertz CT molecular complexity index is 1210. The number of aliphatic hydroxyl groups is 2. The highest BCUT2D eigenvalue weighted by molar-refractivity contribution is 7.46. The molecule has 1 saturated heterocycles. The highest BCUT2D eigenvalue weighted by Crippen LogP contribution is 2.41. The quantitative estimate of drug-likeness (QED) is 0.266. The van der Waals surface area contributed by atoms with Gasteiger partial charge in [0.25, 0.3) is 0 Å². The van der Waals surface area contributed by atoms with Crippen molar-refractivity contribution < 1.29 is 38.3 Å². The molecule has 0 aliphatic carbocycles. The van der Waals surface area contributed by atoms with Crippen LogP contribution < -0.4 is 16.4 Å². The van der Waals surface area contributed by atoms with Crippen LogP contribution in [-0.2, 0) is 29.6 Å². The van der Waals surface area contributed by atoms with E-state index in [-0.39, 0.29) is 23.4 Å². The smallest absolute Gasteiger partial charge is 0.329 e. The highest BCUT2D eigenvalue weighted by Gasteiger charge is 2.45. The van der Waals surface area contributed by atoms with Gasteiger partial charge in [0.05, 0.1) is 12.9 Å². The number of rotatable bonds is 8. The Morgan fingerprint density at radius 1 is 1.24 bits per heavy atom. The number of aliphatic hydroxyl groups excluding tert-OH is 2. The standard InChI is InChI=1S/C19H23N6O8P/c20-11(6-10-4-2-1-3-5-10)19(28)33-34(29,30)31-7-12-14(26)15(27)18(32-12)25-9-24-13-16(21)22-8-23-17(13)25/h1-5,8-9,11-12,14-15,18,26-27H,6-7,20H2,(H,29,30)(H2,21,22,23)/p-1/t11-,12+,14?,15?,18+/m0/s1. The van der Waals surface area contributed by atoms with E-state index in [1.807, 2.05) is 0 Å². The van der Waals surface area contributed by atoms with Gasteiger partial charge in [0, 0.05) is 0 Å². The van der Waals surface area contributed by atoms with Crippen LogP contribution in [0.2, 0.25) is 0 Å². The van der Waals surface area contributed by atoms with Crippen molar-refractivity contribution in [3.05, 3.63) is 48.5 Å². The molecule has 4 rings (SSSR count). The average Bonchev–Trinajstić information content (AvgIpc) is 3.35. The number of nitrogens with two attached hydrogens (primary N) is 2. The van der Waals surface area contributed by atoms with Gasteiger partial charge in [0.15, 0.2) is 17.7 Å². The van der Waals surface area contributed by atoms with Crippen LogP contribution in [0.4, 0.5) is 5.82 Å². The fraction of sp³-hybridized carbons (Fsp3) is 0.368. The molecular weight excluding hydrogens is 471 g/mol. The minimum atomic E-state index is -5.14. The number of ether oxygens (including phenoxy) is 1. The van der Waals surface area contributed by atoms with Crippen LogP contribution in [0.15, 0.2) is 43.0 Å². The number of imidazole rings is 1. The van der Waals surface area contributed by atoms with Gasteiger partial charge >= 0.3 is 13.8 Å². The lowest BCUT2D eigenvalue weighted by molar-refractivity contribution is -0.227. The second-order valence-electron chi connectivity index (χ2n) is 7.58. The van der Waals surface area contributed by atoms with Gasteiger partial charge < -0.3 is 40.4 Å². The number of phosphoric acid groups is 1. The van der Waals surface area contributed by atoms with Crippen molar-refractivity contribution in [3.63, 3.8) is 0 Å². The molecule has 15 heteroatoms. The number of fused-ring (bicyclic) bond motifs is 1. The zero-order chi connectivity index (χ0) is 24.5. The van der Waals surface area contributed by atoms with Crippen molar-refractivity contribution in [1.29, 1.82) is 0 Å². The van der Waals surface area contributed by atoms with E-state index in [1.165, 1.54) is 17.2 Å². The van der Waals surface area contributed by atoms with Gasteiger partial charge in [0.1, 0.15) is 36.2 Å². The summed E-state index contributed by atoms with van der Waals surface area (Å²) in [5.74, 6) is -1.09. The van der Waals surface area contributed by atoms with Crippen LogP contribution in [0, 0.1) is 0 Å². The lowest BCUT2D eigenvalue weighted by atomic mass is 10.1. The first kappa shape index (κ1) is 24.2. The van der Waals surface area contributed by atoms with E-state index < -0.39 is 51.0 Å². The molecule has 0 spiro atoms. The Kier molecular flexibility index (Phi) is 6.91. The van der Waals surface area contributed by atoms with Crippen LogP contribution >= 0.6 is 7.82 Å². The van der Waals surface area contributed by atoms with Gasteiger partial charge in [-0.3, -0.25) is 13.9 Å². The molecule has 14 nitrogen and oxygen atoms in total. The van der Waals surface area contributed by atoms with Crippen molar-refractivity contribution in [2.45, 2.75) is 37.0 Å².